The van der Waals surface area contributed by atoms with Gasteiger partial charge >= 0.3 is 0 Å². The van der Waals surface area contributed by atoms with E-state index < -0.39 is 23.1 Å². The highest BCUT2D eigenvalue weighted by Gasteiger charge is 2.47. The molecule has 0 saturated heterocycles. The van der Waals surface area contributed by atoms with Crippen molar-refractivity contribution in [2.45, 2.75) is 40.7 Å². The lowest BCUT2D eigenvalue weighted by molar-refractivity contribution is -0.123. The summed E-state index contributed by atoms with van der Waals surface area (Å²) in [5.74, 6) is -1.15. The fourth-order valence-electron chi connectivity index (χ4n) is 4.10. The largest absolute Gasteiger partial charge is 0.503 e. The first-order valence-electron chi connectivity index (χ1n) is 11.0. The number of ketones is 1. The first-order valence-corrected chi connectivity index (χ1v) is 11.0. The van der Waals surface area contributed by atoms with Gasteiger partial charge in [0.1, 0.15) is 0 Å². The maximum atomic E-state index is 13.4. The molecule has 1 unspecified atom stereocenters. The molecule has 2 heterocycles. The Labute approximate surface area is 193 Å². The molecule has 1 aliphatic rings. The normalized spacial score (nSPS) is 16.8. The first-order chi connectivity index (χ1) is 15.4. The Bertz CT molecular complexity index is 1250. The Hall–Kier alpha value is -3.61. The predicted octanol–water partition coefficient (Wildman–Crippen LogP) is 4.76. The number of Topliss-reactive ketones (excluding diaryl/α,β-unsaturated/α-hetero) is 1. The standard InChI is InChI=1S/C26H30N4O3/c1-14-12-18-19(13-15(14)2)28-25(27-18)30-21(16-8-10-17(11-9-16)29(6)7)20(22(31)24(30)33)23(32)26(3,4)5/h8-13,21,31H,1-7H3,(H,27,28). The lowest BCUT2D eigenvalue weighted by atomic mass is 9.82. The summed E-state index contributed by atoms with van der Waals surface area (Å²) in [4.78, 5) is 37.9. The Morgan fingerprint density at radius 1 is 1.09 bits per heavy atom. The third-order valence-electron chi connectivity index (χ3n) is 6.17. The van der Waals surface area contributed by atoms with Crippen molar-refractivity contribution < 1.29 is 14.7 Å². The molecule has 7 heteroatoms. The van der Waals surface area contributed by atoms with Crippen molar-refractivity contribution in [1.82, 2.24) is 9.97 Å². The molecule has 2 aromatic carbocycles. The maximum absolute atomic E-state index is 13.4. The molecule has 2 N–H and O–H groups in total. The molecule has 1 aromatic heterocycles. The molecule has 1 atom stereocenters. The molecule has 0 aliphatic carbocycles. The quantitative estimate of drug-likeness (QED) is 0.603. The van der Waals surface area contributed by atoms with E-state index in [1.54, 1.807) is 20.8 Å². The lowest BCUT2D eigenvalue weighted by Gasteiger charge is -2.27. The number of aromatic nitrogens is 2. The van der Waals surface area contributed by atoms with Gasteiger partial charge in [0, 0.05) is 25.2 Å². The van der Waals surface area contributed by atoms with Crippen LogP contribution >= 0.6 is 0 Å². The van der Waals surface area contributed by atoms with Crippen molar-refractivity contribution in [2.24, 2.45) is 5.41 Å². The second-order valence-electron chi connectivity index (χ2n) is 9.92. The third-order valence-corrected chi connectivity index (χ3v) is 6.17. The zero-order valence-electron chi connectivity index (χ0n) is 20.1. The van der Waals surface area contributed by atoms with Crippen LogP contribution in [-0.2, 0) is 9.59 Å². The Morgan fingerprint density at radius 2 is 1.70 bits per heavy atom. The molecule has 1 aliphatic heterocycles. The minimum atomic E-state index is -0.789. The molecule has 0 fully saturated rings. The molecule has 0 spiro atoms. The van der Waals surface area contributed by atoms with Crippen molar-refractivity contribution >= 4 is 34.4 Å². The van der Waals surface area contributed by atoms with E-state index in [2.05, 4.69) is 9.97 Å². The average Bonchev–Trinajstić information content (AvgIpc) is 3.25. The van der Waals surface area contributed by atoms with Gasteiger partial charge in [-0.2, -0.15) is 0 Å². The van der Waals surface area contributed by atoms with Crippen LogP contribution < -0.4 is 9.80 Å². The summed E-state index contributed by atoms with van der Waals surface area (Å²) >= 11 is 0. The summed E-state index contributed by atoms with van der Waals surface area (Å²) in [5.41, 5.74) is 4.73. The minimum absolute atomic E-state index is 0.0953. The van der Waals surface area contributed by atoms with Crippen LogP contribution in [0.15, 0.2) is 47.7 Å². The number of imidazole rings is 1. The smallest absolute Gasteiger partial charge is 0.296 e. The number of carbonyl (C=O) groups is 2. The van der Waals surface area contributed by atoms with Crippen LogP contribution in [0.5, 0.6) is 0 Å². The van der Waals surface area contributed by atoms with Gasteiger partial charge in [0.15, 0.2) is 11.5 Å². The van der Waals surface area contributed by atoms with E-state index >= 15 is 0 Å². The number of benzene rings is 2. The van der Waals surface area contributed by atoms with Crippen LogP contribution in [0.3, 0.4) is 0 Å². The molecule has 172 valence electrons. The van der Waals surface area contributed by atoms with Gasteiger partial charge in [-0.15, -0.1) is 0 Å². The molecule has 1 amide bonds. The number of anilines is 2. The van der Waals surface area contributed by atoms with E-state index in [0.717, 1.165) is 33.4 Å². The topological polar surface area (TPSA) is 89.5 Å². The van der Waals surface area contributed by atoms with Gasteiger partial charge in [0.2, 0.25) is 5.95 Å². The number of nitrogens with one attached hydrogen (secondary N) is 1. The van der Waals surface area contributed by atoms with Gasteiger partial charge in [-0.05, 0) is 54.8 Å². The summed E-state index contributed by atoms with van der Waals surface area (Å²) in [5, 5.41) is 10.9. The SMILES string of the molecule is Cc1cc2nc(N3C(=O)C(O)=C(C(=O)C(C)(C)C)C3c3ccc(N(C)C)cc3)[nH]c2cc1C. The summed E-state index contributed by atoms with van der Waals surface area (Å²) in [7, 11) is 3.89. The number of rotatable bonds is 4. The second-order valence-corrected chi connectivity index (χ2v) is 9.92. The van der Waals surface area contributed by atoms with Gasteiger partial charge in [-0.1, -0.05) is 32.9 Å². The predicted molar refractivity (Wildman–Crippen MR) is 131 cm³/mol. The van der Waals surface area contributed by atoms with E-state index in [0.29, 0.717) is 5.95 Å². The fourth-order valence-corrected chi connectivity index (χ4v) is 4.10. The average molecular weight is 447 g/mol. The highest BCUT2D eigenvalue weighted by Crippen LogP contribution is 2.43. The van der Waals surface area contributed by atoms with Crippen LogP contribution in [0.1, 0.15) is 43.5 Å². The van der Waals surface area contributed by atoms with Crippen molar-refractivity contribution in [3.8, 4) is 0 Å². The van der Waals surface area contributed by atoms with Crippen LogP contribution in [0, 0.1) is 19.3 Å². The maximum Gasteiger partial charge on any atom is 0.296 e. The van der Waals surface area contributed by atoms with Crippen LogP contribution in [0.25, 0.3) is 11.0 Å². The molecule has 4 rings (SSSR count). The van der Waals surface area contributed by atoms with Gasteiger partial charge in [0.25, 0.3) is 5.91 Å². The van der Waals surface area contributed by atoms with E-state index in [1.165, 1.54) is 4.90 Å². The lowest BCUT2D eigenvalue weighted by Crippen LogP contribution is -2.33. The molecule has 3 aromatic rings. The Kier molecular flexibility index (Phi) is 5.31. The summed E-state index contributed by atoms with van der Waals surface area (Å²) in [6, 6.07) is 10.8. The number of fused-ring (bicyclic) bond motifs is 1. The number of aliphatic hydroxyl groups excluding tert-OH is 1. The van der Waals surface area contributed by atoms with Gasteiger partial charge in [-0.3, -0.25) is 14.5 Å². The zero-order chi connectivity index (χ0) is 24.2. The third kappa shape index (κ3) is 3.77. The van der Waals surface area contributed by atoms with Gasteiger partial charge in [-0.25, -0.2) is 4.98 Å². The number of aryl methyl sites for hydroxylation is 2. The van der Waals surface area contributed by atoms with Gasteiger partial charge < -0.3 is 15.0 Å². The molecule has 33 heavy (non-hydrogen) atoms. The minimum Gasteiger partial charge on any atom is -0.503 e. The summed E-state index contributed by atoms with van der Waals surface area (Å²) < 4.78 is 0. The van der Waals surface area contributed by atoms with E-state index in [9.17, 15) is 14.7 Å². The number of amides is 1. The number of aliphatic hydroxyl groups is 1. The van der Waals surface area contributed by atoms with Crippen molar-refractivity contribution in [1.29, 1.82) is 0 Å². The Balaban J connectivity index is 1.90. The zero-order valence-corrected chi connectivity index (χ0v) is 20.1. The van der Waals surface area contributed by atoms with Crippen LogP contribution in [0.4, 0.5) is 11.6 Å². The van der Waals surface area contributed by atoms with Crippen molar-refractivity contribution in [3.05, 3.63) is 64.4 Å². The molecular weight excluding hydrogens is 416 g/mol. The van der Waals surface area contributed by atoms with Crippen LogP contribution in [0.2, 0.25) is 0 Å². The number of carbonyl (C=O) groups excluding carboxylic acids is 2. The molecule has 0 saturated carbocycles. The number of hydrogen-bond donors (Lipinski definition) is 2. The number of H-pyrrole nitrogens is 1. The van der Waals surface area contributed by atoms with E-state index in [-0.39, 0.29) is 11.4 Å². The second kappa shape index (κ2) is 7.76. The fraction of sp³-hybridized carbons (Fsp3) is 0.346. The van der Waals surface area contributed by atoms with E-state index in [4.69, 9.17) is 0 Å². The van der Waals surface area contributed by atoms with Crippen molar-refractivity contribution in [2.75, 3.05) is 23.9 Å². The number of hydrogen-bond acceptors (Lipinski definition) is 5. The van der Waals surface area contributed by atoms with Gasteiger partial charge in [0.05, 0.1) is 22.6 Å². The monoisotopic (exact) mass is 446 g/mol. The first kappa shape index (κ1) is 22.6. The molecule has 7 nitrogen and oxygen atoms in total. The highest BCUT2D eigenvalue weighted by atomic mass is 16.3. The van der Waals surface area contributed by atoms with E-state index in [1.807, 2.05) is 69.2 Å². The number of nitrogens with zero attached hydrogens (tertiary/aromatic N) is 3. The summed E-state index contributed by atoms with van der Waals surface area (Å²) in [6.45, 7) is 9.36. The molecule has 0 bridgehead atoms. The Morgan fingerprint density at radius 3 is 2.27 bits per heavy atom. The molecular formula is C26H30N4O3. The summed E-state index contributed by atoms with van der Waals surface area (Å²) in [6.07, 6.45) is 0. The highest BCUT2D eigenvalue weighted by molar-refractivity contribution is 6.17. The van der Waals surface area contributed by atoms with Crippen LogP contribution in [-0.4, -0.2) is 40.9 Å². The van der Waals surface area contributed by atoms with Crippen molar-refractivity contribution in [3.63, 3.8) is 0 Å². The molecule has 0 radical (unpaired) electrons. The number of aromatic amines is 1.